The predicted octanol–water partition coefficient (Wildman–Crippen LogP) is 1.96. The number of carbonyl (C=O) groups excluding carboxylic acids is 1. The summed E-state index contributed by atoms with van der Waals surface area (Å²) < 4.78 is 14.9. The van der Waals surface area contributed by atoms with Crippen LogP contribution in [-0.2, 0) is 20.0 Å². The maximum atomic E-state index is 13.4. The maximum absolute atomic E-state index is 13.4. The number of carbonyl (C=O) groups is 1. The summed E-state index contributed by atoms with van der Waals surface area (Å²) in [6, 6.07) is 4.73. The summed E-state index contributed by atoms with van der Waals surface area (Å²) in [5.41, 5.74) is 3.26. The van der Waals surface area contributed by atoms with Crippen molar-refractivity contribution >= 4 is 11.7 Å². The van der Waals surface area contributed by atoms with Crippen molar-refractivity contribution in [2.24, 2.45) is 7.05 Å². The Morgan fingerprint density at radius 2 is 2.14 bits per heavy atom. The van der Waals surface area contributed by atoms with E-state index in [0.717, 1.165) is 30.6 Å². The number of fused-ring (bicyclic) bond motifs is 1. The number of aryl methyl sites for hydroxylation is 2. The van der Waals surface area contributed by atoms with Crippen molar-refractivity contribution in [3.63, 3.8) is 0 Å². The van der Waals surface area contributed by atoms with Gasteiger partial charge in [-0.05, 0) is 49.9 Å². The number of nitrogens with zero attached hydrogens (tertiary/aromatic N) is 4. The van der Waals surface area contributed by atoms with E-state index in [9.17, 15) is 14.0 Å². The molecule has 3 heterocycles. The van der Waals surface area contributed by atoms with E-state index in [1.807, 2.05) is 13.0 Å². The fourth-order valence-electron chi connectivity index (χ4n) is 4.24. The second-order valence-corrected chi connectivity index (χ2v) is 7.92. The fraction of sp³-hybridized carbons (Fsp3) is 0.476. The van der Waals surface area contributed by atoms with Crippen LogP contribution in [0, 0.1) is 12.7 Å². The first-order valence-corrected chi connectivity index (χ1v) is 10.0. The third-order valence-corrected chi connectivity index (χ3v) is 5.82. The van der Waals surface area contributed by atoms with Gasteiger partial charge < -0.3 is 19.7 Å². The molecule has 0 aliphatic carbocycles. The van der Waals surface area contributed by atoms with E-state index in [0.29, 0.717) is 37.3 Å². The van der Waals surface area contributed by atoms with Crippen LogP contribution in [-0.4, -0.2) is 46.2 Å². The molecule has 2 aromatic rings. The van der Waals surface area contributed by atoms with Gasteiger partial charge in [-0.15, -0.1) is 0 Å². The average molecular weight is 399 g/mol. The zero-order chi connectivity index (χ0) is 20.5. The van der Waals surface area contributed by atoms with E-state index in [1.54, 1.807) is 18.0 Å². The molecule has 154 valence electrons. The van der Waals surface area contributed by atoms with Gasteiger partial charge in [0.1, 0.15) is 5.82 Å². The van der Waals surface area contributed by atoms with Gasteiger partial charge in [-0.25, -0.2) is 14.2 Å². The second-order valence-electron chi connectivity index (χ2n) is 7.92. The molecule has 2 amide bonds. The van der Waals surface area contributed by atoms with Gasteiger partial charge in [0, 0.05) is 44.0 Å². The van der Waals surface area contributed by atoms with E-state index in [4.69, 9.17) is 0 Å². The molecule has 4 rings (SSSR count). The summed E-state index contributed by atoms with van der Waals surface area (Å²) in [6.07, 6.45) is 3.90. The third kappa shape index (κ3) is 3.97. The van der Waals surface area contributed by atoms with Crippen molar-refractivity contribution < 1.29 is 9.18 Å². The summed E-state index contributed by atoms with van der Waals surface area (Å²) in [4.78, 5) is 33.3. The van der Waals surface area contributed by atoms with E-state index >= 15 is 0 Å². The lowest BCUT2D eigenvalue weighted by Gasteiger charge is -2.37. The van der Waals surface area contributed by atoms with E-state index in [-0.39, 0.29) is 23.4 Å². The molecule has 0 unspecified atom stereocenters. The molecule has 0 radical (unpaired) electrons. The van der Waals surface area contributed by atoms with Crippen LogP contribution in [0.2, 0.25) is 0 Å². The Kier molecular flexibility index (Phi) is 5.25. The summed E-state index contributed by atoms with van der Waals surface area (Å²) >= 11 is 0. The molecule has 1 saturated heterocycles. The Balaban J connectivity index is 1.40. The van der Waals surface area contributed by atoms with Gasteiger partial charge in [0.2, 0.25) is 0 Å². The Labute approximate surface area is 169 Å². The minimum atomic E-state index is -0.234. The minimum Gasteiger partial charge on any atom is -0.369 e. The molecule has 2 aliphatic rings. The first kappa shape index (κ1) is 19.4. The first-order valence-electron chi connectivity index (χ1n) is 10.0. The quantitative estimate of drug-likeness (QED) is 0.838. The van der Waals surface area contributed by atoms with Crippen LogP contribution in [0.5, 0.6) is 0 Å². The highest BCUT2D eigenvalue weighted by molar-refractivity contribution is 5.75. The molecule has 0 spiro atoms. The Morgan fingerprint density at radius 3 is 2.93 bits per heavy atom. The number of piperidine rings is 1. The van der Waals surface area contributed by atoms with Crippen molar-refractivity contribution in [3.8, 4) is 0 Å². The van der Waals surface area contributed by atoms with Crippen molar-refractivity contribution in [1.82, 2.24) is 19.8 Å². The molecule has 7 nitrogen and oxygen atoms in total. The molecule has 1 aromatic carbocycles. The maximum Gasteiger partial charge on any atom is 0.318 e. The number of hydrogen-bond donors (Lipinski definition) is 1. The van der Waals surface area contributed by atoms with Gasteiger partial charge in [0.25, 0.3) is 5.56 Å². The predicted molar refractivity (Wildman–Crippen MR) is 108 cm³/mol. The van der Waals surface area contributed by atoms with Crippen LogP contribution < -0.4 is 15.8 Å². The lowest BCUT2D eigenvalue weighted by molar-refractivity contribution is 0.185. The minimum absolute atomic E-state index is 0.0266. The zero-order valence-electron chi connectivity index (χ0n) is 16.8. The van der Waals surface area contributed by atoms with Gasteiger partial charge in [0.05, 0.1) is 18.6 Å². The van der Waals surface area contributed by atoms with Crippen molar-refractivity contribution in [2.45, 2.75) is 38.8 Å². The van der Waals surface area contributed by atoms with Crippen LogP contribution in [0.25, 0.3) is 0 Å². The summed E-state index contributed by atoms with van der Waals surface area (Å²) in [7, 11) is 1.69. The van der Waals surface area contributed by atoms with Crippen LogP contribution in [0.1, 0.15) is 29.7 Å². The van der Waals surface area contributed by atoms with Crippen LogP contribution in [0.15, 0.2) is 29.3 Å². The van der Waals surface area contributed by atoms with Crippen LogP contribution in [0.3, 0.4) is 0 Å². The highest BCUT2D eigenvalue weighted by Gasteiger charge is 2.28. The monoisotopic (exact) mass is 399 g/mol. The molecule has 1 N–H and O–H groups in total. The molecule has 2 aliphatic heterocycles. The molecule has 0 bridgehead atoms. The summed E-state index contributed by atoms with van der Waals surface area (Å²) in [5.74, 6) is -0.234. The second kappa shape index (κ2) is 7.85. The van der Waals surface area contributed by atoms with Crippen molar-refractivity contribution in [1.29, 1.82) is 0 Å². The van der Waals surface area contributed by atoms with Gasteiger partial charge in [-0.3, -0.25) is 4.79 Å². The smallest absolute Gasteiger partial charge is 0.318 e. The lowest BCUT2D eigenvalue weighted by Crippen LogP contribution is -2.53. The standard InChI is InChI=1S/C21H26FN5O2/c1-14-10-15(22)5-6-19(14)26-8-3-4-16(11-26)24-21(29)27-9-7-17-18(12-27)23-13-25(2)20(17)28/h5-6,10,13,16H,3-4,7-9,11-12H2,1-2H3,(H,24,29)/t16-/m1/s1. The topological polar surface area (TPSA) is 70.5 Å². The first-order chi connectivity index (χ1) is 13.9. The number of anilines is 1. The highest BCUT2D eigenvalue weighted by atomic mass is 19.1. The molecule has 1 fully saturated rings. The molecule has 8 heteroatoms. The Hall–Kier alpha value is -2.90. The third-order valence-electron chi connectivity index (χ3n) is 5.82. The molecule has 1 atom stereocenters. The number of nitrogens with one attached hydrogen (secondary N) is 1. The van der Waals surface area contributed by atoms with E-state index in [2.05, 4.69) is 15.2 Å². The normalized spacial score (nSPS) is 19.1. The lowest BCUT2D eigenvalue weighted by atomic mass is 10.0. The van der Waals surface area contributed by atoms with Gasteiger partial charge in [0.15, 0.2) is 0 Å². The number of hydrogen-bond acceptors (Lipinski definition) is 4. The number of halogens is 1. The Bertz CT molecular complexity index is 990. The molecule has 1 aromatic heterocycles. The largest absolute Gasteiger partial charge is 0.369 e. The number of amides is 2. The van der Waals surface area contributed by atoms with E-state index < -0.39 is 0 Å². The number of aromatic nitrogens is 2. The zero-order valence-corrected chi connectivity index (χ0v) is 16.8. The number of benzene rings is 1. The number of rotatable bonds is 2. The molecule has 29 heavy (non-hydrogen) atoms. The fourth-order valence-corrected chi connectivity index (χ4v) is 4.24. The molecular weight excluding hydrogens is 373 g/mol. The number of urea groups is 1. The van der Waals surface area contributed by atoms with Gasteiger partial charge in [-0.1, -0.05) is 0 Å². The molecular formula is C21H26FN5O2. The van der Waals surface area contributed by atoms with Crippen molar-refractivity contribution in [2.75, 3.05) is 24.5 Å². The van der Waals surface area contributed by atoms with Crippen LogP contribution in [0.4, 0.5) is 14.9 Å². The van der Waals surface area contributed by atoms with Crippen LogP contribution >= 0.6 is 0 Å². The Morgan fingerprint density at radius 1 is 1.31 bits per heavy atom. The van der Waals surface area contributed by atoms with Gasteiger partial charge in [-0.2, -0.15) is 0 Å². The van der Waals surface area contributed by atoms with Crippen molar-refractivity contribution in [3.05, 3.63) is 57.5 Å². The van der Waals surface area contributed by atoms with Gasteiger partial charge >= 0.3 is 6.03 Å². The summed E-state index contributed by atoms with van der Waals surface area (Å²) in [5, 5.41) is 3.14. The average Bonchev–Trinajstić information content (AvgIpc) is 2.71. The SMILES string of the molecule is Cc1cc(F)ccc1N1CCC[C@@H](NC(=O)N2CCc3c(ncn(C)c3=O)C2)C1. The summed E-state index contributed by atoms with van der Waals surface area (Å²) in [6.45, 7) is 4.35. The molecule has 0 saturated carbocycles. The highest BCUT2D eigenvalue weighted by Crippen LogP contribution is 2.25. The van der Waals surface area contributed by atoms with E-state index in [1.165, 1.54) is 17.0 Å².